The van der Waals surface area contributed by atoms with Crippen molar-refractivity contribution in [2.75, 3.05) is 23.7 Å². The predicted octanol–water partition coefficient (Wildman–Crippen LogP) is 3.44. The molecule has 0 saturated heterocycles. The van der Waals surface area contributed by atoms with Gasteiger partial charge in [-0.05, 0) is 56.2 Å². The molecule has 0 radical (unpaired) electrons. The molecule has 5 nitrogen and oxygen atoms in total. The second kappa shape index (κ2) is 8.36. The highest BCUT2D eigenvalue weighted by molar-refractivity contribution is 7.92. The lowest BCUT2D eigenvalue weighted by molar-refractivity contribution is 0.0773. The van der Waals surface area contributed by atoms with Crippen LogP contribution in [-0.2, 0) is 16.6 Å². The first-order valence-electron chi connectivity index (χ1n) is 8.69. The van der Waals surface area contributed by atoms with Gasteiger partial charge in [0.1, 0.15) is 0 Å². The molecule has 0 aliphatic rings. The maximum atomic E-state index is 12.4. The molecule has 0 bridgehead atoms. The van der Waals surface area contributed by atoms with Crippen LogP contribution in [0, 0.1) is 6.92 Å². The van der Waals surface area contributed by atoms with E-state index in [4.69, 9.17) is 0 Å². The molecular formula is C20H26N2O3S. The molecule has 2 rings (SSSR count). The third-order valence-corrected chi connectivity index (χ3v) is 5.57. The Morgan fingerprint density at radius 2 is 1.54 bits per heavy atom. The number of benzene rings is 2. The van der Waals surface area contributed by atoms with Crippen LogP contribution in [-0.4, -0.2) is 38.6 Å². The van der Waals surface area contributed by atoms with E-state index in [0.29, 0.717) is 24.3 Å². The molecule has 2 aromatic rings. The first-order valence-corrected chi connectivity index (χ1v) is 10.5. The van der Waals surface area contributed by atoms with Crippen molar-refractivity contribution < 1.29 is 13.2 Å². The van der Waals surface area contributed by atoms with E-state index < -0.39 is 10.0 Å². The quantitative estimate of drug-likeness (QED) is 0.746. The summed E-state index contributed by atoms with van der Waals surface area (Å²) in [6.45, 7) is 7.36. The van der Waals surface area contributed by atoms with Crippen molar-refractivity contribution in [3.63, 3.8) is 0 Å². The highest BCUT2D eigenvalue weighted by Crippen LogP contribution is 2.23. The first-order chi connectivity index (χ1) is 12.3. The fourth-order valence-corrected chi connectivity index (χ4v) is 3.68. The number of sulfonamides is 1. The van der Waals surface area contributed by atoms with Gasteiger partial charge in [0.25, 0.3) is 5.91 Å². The lowest BCUT2D eigenvalue weighted by Gasteiger charge is -2.24. The lowest BCUT2D eigenvalue weighted by atomic mass is 10.1. The average Bonchev–Trinajstić information content (AvgIpc) is 2.61. The topological polar surface area (TPSA) is 57.7 Å². The Balaban J connectivity index is 2.33. The summed E-state index contributed by atoms with van der Waals surface area (Å²) < 4.78 is 26.0. The van der Waals surface area contributed by atoms with Crippen molar-refractivity contribution in [1.82, 2.24) is 4.90 Å². The second-order valence-corrected chi connectivity index (χ2v) is 8.13. The minimum Gasteiger partial charge on any atom is -0.339 e. The number of amides is 1. The number of hydrogen-bond acceptors (Lipinski definition) is 3. The van der Waals surface area contributed by atoms with Gasteiger partial charge in [-0.25, -0.2) is 8.42 Å². The van der Waals surface area contributed by atoms with Crippen molar-refractivity contribution in [3.8, 4) is 0 Å². The third-order valence-electron chi connectivity index (χ3n) is 4.43. The zero-order valence-corrected chi connectivity index (χ0v) is 16.6. The fraction of sp³-hybridized carbons (Fsp3) is 0.350. The summed E-state index contributed by atoms with van der Waals surface area (Å²) in [5.74, 6) is -0.0497. The van der Waals surface area contributed by atoms with Crippen LogP contribution in [0.1, 0.15) is 35.3 Å². The van der Waals surface area contributed by atoms with E-state index in [9.17, 15) is 13.2 Å². The Bertz CT molecular complexity index is 857. The van der Waals surface area contributed by atoms with E-state index in [1.165, 1.54) is 10.6 Å². The monoisotopic (exact) mass is 374 g/mol. The van der Waals surface area contributed by atoms with E-state index in [0.717, 1.165) is 11.1 Å². The van der Waals surface area contributed by atoms with Gasteiger partial charge in [0, 0.05) is 18.7 Å². The molecule has 0 fully saturated rings. The van der Waals surface area contributed by atoms with Gasteiger partial charge in [0.15, 0.2) is 0 Å². The zero-order chi connectivity index (χ0) is 19.3. The van der Waals surface area contributed by atoms with Gasteiger partial charge in [-0.2, -0.15) is 0 Å². The number of nitrogens with zero attached hydrogens (tertiary/aromatic N) is 2. The molecule has 1 amide bonds. The summed E-state index contributed by atoms with van der Waals surface area (Å²) in [7, 11) is -3.45. The van der Waals surface area contributed by atoms with Gasteiger partial charge < -0.3 is 4.90 Å². The molecule has 26 heavy (non-hydrogen) atoms. The predicted molar refractivity (Wildman–Crippen MR) is 106 cm³/mol. The van der Waals surface area contributed by atoms with Gasteiger partial charge >= 0.3 is 0 Å². The van der Waals surface area contributed by atoms with Crippen LogP contribution in [0.3, 0.4) is 0 Å². The highest BCUT2D eigenvalue weighted by Gasteiger charge is 2.20. The number of hydrogen-bond donors (Lipinski definition) is 0. The number of rotatable bonds is 7. The summed E-state index contributed by atoms with van der Waals surface area (Å²) in [5.41, 5.74) is 3.09. The van der Waals surface area contributed by atoms with Crippen LogP contribution >= 0.6 is 0 Å². The number of carbonyl (C=O) groups excluding carboxylic acids is 1. The molecule has 0 spiro atoms. The third kappa shape index (κ3) is 4.64. The van der Waals surface area contributed by atoms with Crippen LogP contribution < -0.4 is 4.31 Å². The molecule has 2 aromatic carbocycles. The van der Waals surface area contributed by atoms with Gasteiger partial charge in [0.2, 0.25) is 10.0 Å². The van der Waals surface area contributed by atoms with Gasteiger partial charge in [-0.15, -0.1) is 0 Å². The van der Waals surface area contributed by atoms with E-state index in [1.807, 2.05) is 45.0 Å². The summed E-state index contributed by atoms with van der Waals surface area (Å²) in [4.78, 5) is 14.1. The van der Waals surface area contributed by atoms with E-state index in [2.05, 4.69) is 0 Å². The molecule has 0 atom stereocenters. The number of anilines is 1. The molecular weight excluding hydrogens is 348 g/mol. The highest BCUT2D eigenvalue weighted by atomic mass is 32.2. The number of carbonyl (C=O) groups is 1. The largest absolute Gasteiger partial charge is 0.339 e. The Kier molecular flexibility index (Phi) is 6.42. The maximum absolute atomic E-state index is 12.4. The van der Waals surface area contributed by atoms with Crippen molar-refractivity contribution in [2.45, 2.75) is 27.3 Å². The van der Waals surface area contributed by atoms with Crippen LogP contribution in [0.25, 0.3) is 0 Å². The Labute approximate surface area is 156 Å². The Hall–Kier alpha value is -2.34. The molecule has 0 aliphatic carbocycles. The molecule has 0 N–H and O–H groups in total. The maximum Gasteiger partial charge on any atom is 0.253 e. The lowest BCUT2D eigenvalue weighted by Crippen LogP contribution is -2.31. The van der Waals surface area contributed by atoms with Crippen molar-refractivity contribution >= 4 is 21.6 Å². The number of aryl methyl sites for hydroxylation is 1. The van der Waals surface area contributed by atoms with Crippen LogP contribution in [0.15, 0.2) is 48.5 Å². The molecule has 0 unspecified atom stereocenters. The van der Waals surface area contributed by atoms with Crippen molar-refractivity contribution in [1.29, 1.82) is 0 Å². The second-order valence-electron chi connectivity index (χ2n) is 6.22. The molecule has 6 heteroatoms. The average molecular weight is 375 g/mol. The standard InChI is InChI=1S/C20H26N2O3S/c1-5-21(6-2)20(23)17-11-13-19(14-12-17)22(26(4,24)25)15-18-10-8-7-9-16(18)3/h7-14H,5-6,15H2,1-4H3. The van der Waals surface area contributed by atoms with Crippen LogP contribution in [0.4, 0.5) is 5.69 Å². The van der Waals surface area contributed by atoms with E-state index >= 15 is 0 Å². The summed E-state index contributed by atoms with van der Waals surface area (Å²) >= 11 is 0. The molecule has 0 aliphatic heterocycles. The van der Waals surface area contributed by atoms with Crippen LogP contribution in [0.2, 0.25) is 0 Å². The smallest absolute Gasteiger partial charge is 0.253 e. The van der Waals surface area contributed by atoms with Crippen LogP contribution in [0.5, 0.6) is 0 Å². The minimum absolute atomic E-state index is 0.0497. The normalized spacial score (nSPS) is 11.2. The molecule has 0 heterocycles. The first kappa shape index (κ1) is 20.0. The van der Waals surface area contributed by atoms with Gasteiger partial charge in [0.05, 0.1) is 18.5 Å². The molecule has 140 valence electrons. The minimum atomic E-state index is -3.45. The summed E-state index contributed by atoms with van der Waals surface area (Å²) in [6, 6.07) is 14.5. The SMILES string of the molecule is CCN(CC)C(=O)c1ccc(N(Cc2ccccc2C)S(C)(=O)=O)cc1. The van der Waals surface area contributed by atoms with Gasteiger partial charge in [-0.3, -0.25) is 9.10 Å². The van der Waals surface area contributed by atoms with Crippen molar-refractivity contribution in [3.05, 3.63) is 65.2 Å². The summed E-state index contributed by atoms with van der Waals surface area (Å²) in [6.07, 6.45) is 1.19. The Morgan fingerprint density at radius 1 is 0.962 bits per heavy atom. The fourth-order valence-electron chi connectivity index (χ4n) is 2.81. The van der Waals surface area contributed by atoms with Crippen molar-refractivity contribution in [2.24, 2.45) is 0 Å². The molecule has 0 saturated carbocycles. The van der Waals surface area contributed by atoms with Gasteiger partial charge in [-0.1, -0.05) is 24.3 Å². The molecule has 0 aromatic heterocycles. The summed E-state index contributed by atoms with van der Waals surface area (Å²) in [5, 5.41) is 0. The Morgan fingerprint density at radius 3 is 2.04 bits per heavy atom. The zero-order valence-electron chi connectivity index (χ0n) is 15.8. The van der Waals surface area contributed by atoms with E-state index in [1.54, 1.807) is 29.2 Å². The van der Waals surface area contributed by atoms with E-state index in [-0.39, 0.29) is 12.5 Å².